The number of benzene rings is 2. The summed E-state index contributed by atoms with van der Waals surface area (Å²) >= 11 is 5.89. The predicted molar refractivity (Wildman–Crippen MR) is 163 cm³/mol. The molecule has 0 radical (unpaired) electrons. The third-order valence-electron chi connectivity index (χ3n) is 6.73. The van der Waals surface area contributed by atoms with E-state index in [9.17, 15) is 24.4 Å². The van der Waals surface area contributed by atoms with Gasteiger partial charge in [0.15, 0.2) is 0 Å². The topological polar surface area (TPSA) is 159 Å². The molecule has 0 aliphatic heterocycles. The number of hydrogen-bond acceptors (Lipinski definition) is 8. The first-order valence-electron chi connectivity index (χ1n) is 13.7. The van der Waals surface area contributed by atoms with Gasteiger partial charge in [-0.1, -0.05) is 49.7 Å². The van der Waals surface area contributed by atoms with E-state index < -0.39 is 42.9 Å². The zero-order valence-electron chi connectivity index (χ0n) is 24.4. The summed E-state index contributed by atoms with van der Waals surface area (Å²) in [4.78, 5) is 44.0. The first-order chi connectivity index (χ1) is 20.5. The Morgan fingerprint density at radius 1 is 0.814 bits per heavy atom. The molecule has 5 N–H and O–H groups in total. The van der Waals surface area contributed by atoms with Crippen molar-refractivity contribution in [2.24, 2.45) is 5.92 Å². The van der Waals surface area contributed by atoms with Gasteiger partial charge in [-0.05, 0) is 59.9 Å². The lowest BCUT2D eigenvalue weighted by Gasteiger charge is -2.27. The Morgan fingerprint density at radius 3 is 1.84 bits per heavy atom. The normalized spacial score (nSPS) is 12.9. The van der Waals surface area contributed by atoms with Crippen molar-refractivity contribution in [3.63, 3.8) is 0 Å². The smallest absolute Gasteiger partial charge is 0.475 e. The Bertz CT molecular complexity index is 1360. The Hall–Kier alpha value is -4.13. The third-order valence-corrected chi connectivity index (χ3v) is 6.95. The molecule has 0 aliphatic carbocycles. The van der Waals surface area contributed by atoms with E-state index in [1.54, 1.807) is 69.5 Å². The highest BCUT2D eigenvalue weighted by Gasteiger charge is 2.33. The van der Waals surface area contributed by atoms with Crippen LogP contribution in [0.3, 0.4) is 0 Å². The standard InChI is InChI=1S/C30H36BClN4O7/c1-18(2)27(30(39)35-26(31(40)41)16-20-7-12-23(43-4)13-8-20)36-29(38)25(15-19-5-10-22(42-3)11-6-19)34-28(37)24-14-9-21(32)17-33-24/h5-14,17-18,25-27,40-41H,15-16H2,1-4H3,(H,34,37)(H,35,39)(H,36,38)/t25-,26-,27-/m0/s1. The Labute approximate surface area is 256 Å². The van der Waals surface area contributed by atoms with E-state index in [1.807, 2.05) is 0 Å². The summed E-state index contributed by atoms with van der Waals surface area (Å²) in [7, 11) is 1.22. The van der Waals surface area contributed by atoms with Crippen LogP contribution in [0.2, 0.25) is 5.02 Å². The number of carbonyl (C=O) groups excluding carboxylic acids is 3. The van der Waals surface area contributed by atoms with Gasteiger partial charge in [0.25, 0.3) is 5.91 Å². The van der Waals surface area contributed by atoms with E-state index >= 15 is 0 Å². The van der Waals surface area contributed by atoms with Gasteiger partial charge in [-0.25, -0.2) is 4.98 Å². The summed E-state index contributed by atoms with van der Waals surface area (Å²) < 4.78 is 10.4. The number of pyridine rings is 1. The van der Waals surface area contributed by atoms with Crippen molar-refractivity contribution in [3.05, 3.63) is 88.7 Å². The molecule has 11 nitrogen and oxygen atoms in total. The predicted octanol–water partition coefficient (Wildman–Crippen LogP) is 1.97. The highest BCUT2D eigenvalue weighted by Crippen LogP contribution is 2.16. The number of rotatable bonds is 14. The van der Waals surface area contributed by atoms with Gasteiger partial charge in [-0.2, -0.15) is 0 Å². The minimum absolute atomic E-state index is 0.0633. The fourth-order valence-corrected chi connectivity index (χ4v) is 4.37. The van der Waals surface area contributed by atoms with Crippen LogP contribution in [-0.4, -0.2) is 72.1 Å². The molecular weight excluding hydrogens is 575 g/mol. The van der Waals surface area contributed by atoms with Gasteiger partial charge in [-0.3, -0.25) is 14.4 Å². The molecule has 0 saturated heterocycles. The van der Waals surface area contributed by atoms with Gasteiger partial charge in [0.05, 0.1) is 25.2 Å². The van der Waals surface area contributed by atoms with E-state index in [-0.39, 0.29) is 24.5 Å². The van der Waals surface area contributed by atoms with Crippen LogP contribution in [0.1, 0.15) is 35.5 Å². The SMILES string of the molecule is COc1ccc(C[C@H](NC(=O)[C@@H](NC(=O)[C@H](Cc2ccc(OC)cc2)NC(=O)c2ccc(Cl)cn2)C(C)C)B(O)O)cc1. The highest BCUT2D eigenvalue weighted by atomic mass is 35.5. The maximum Gasteiger partial charge on any atom is 0.475 e. The summed E-state index contributed by atoms with van der Waals surface area (Å²) in [6.07, 6.45) is 1.56. The number of nitrogens with zero attached hydrogens (tertiary/aromatic N) is 1. The van der Waals surface area contributed by atoms with Gasteiger partial charge >= 0.3 is 7.12 Å². The van der Waals surface area contributed by atoms with Crippen molar-refractivity contribution in [1.82, 2.24) is 20.9 Å². The molecule has 3 atom stereocenters. The van der Waals surface area contributed by atoms with Gasteiger partial charge in [0.1, 0.15) is 29.3 Å². The summed E-state index contributed by atoms with van der Waals surface area (Å²) in [6.45, 7) is 3.49. The van der Waals surface area contributed by atoms with Crippen molar-refractivity contribution in [2.45, 2.75) is 44.7 Å². The largest absolute Gasteiger partial charge is 0.497 e. The molecule has 228 valence electrons. The average Bonchev–Trinajstić information content (AvgIpc) is 2.99. The maximum atomic E-state index is 13.6. The number of halogens is 1. The first kappa shape index (κ1) is 33.4. The molecule has 0 unspecified atom stereocenters. The zero-order valence-corrected chi connectivity index (χ0v) is 25.2. The van der Waals surface area contributed by atoms with Crippen LogP contribution < -0.4 is 25.4 Å². The second kappa shape index (κ2) is 15.9. The number of carbonyl (C=O) groups is 3. The zero-order chi connectivity index (χ0) is 31.5. The van der Waals surface area contributed by atoms with Crippen LogP contribution in [0, 0.1) is 5.92 Å². The van der Waals surface area contributed by atoms with E-state index in [2.05, 4.69) is 20.9 Å². The number of aromatic nitrogens is 1. The fourth-order valence-electron chi connectivity index (χ4n) is 4.26. The monoisotopic (exact) mass is 610 g/mol. The molecule has 0 saturated carbocycles. The number of nitrogens with one attached hydrogen (secondary N) is 3. The lowest BCUT2D eigenvalue weighted by molar-refractivity contribution is -0.131. The Kier molecular flexibility index (Phi) is 12.4. The molecular formula is C30H36BClN4O7. The molecule has 1 aromatic heterocycles. The second-order valence-electron chi connectivity index (χ2n) is 10.3. The van der Waals surface area contributed by atoms with Crippen LogP contribution in [0.5, 0.6) is 11.5 Å². The van der Waals surface area contributed by atoms with Gasteiger partial charge in [0, 0.05) is 12.6 Å². The van der Waals surface area contributed by atoms with E-state index in [0.29, 0.717) is 16.5 Å². The van der Waals surface area contributed by atoms with Crippen molar-refractivity contribution in [3.8, 4) is 11.5 Å². The third kappa shape index (κ3) is 9.98. The van der Waals surface area contributed by atoms with E-state index in [1.165, 1.54) is 25.4 Å². The van der Waals surface area contributed by atoms with Crippen molar-refractivity contribution < 1.29 is 33.9 Å². The quantitative estimate of drug-likeness (QED) is 0.173. The fraction of sp³-hybridized carbons (Fsp3) is 0.333. The van der Waals surface area contributed by atoms with Crippen molar-refractivity contribution in [2.75, 3.05) is 14.2 Å². The van der Waals surface area contributed by atoms with Crippen LogP contribution in [-0.2, 0) is 22.4 Å². The van der Waals surface area contributed by atoms with Crippen LogP contribution in [0.15, 0.2) is 66.9 Å². The molecule has 13 heteroatoms. The molecule has 0 fully saturated rings. The Morgan fingerprint density at radius 2 is 1.37 bits per heavy atom. The maximum absolute atomic E-state index is 13.6. The minimum Gasteiger partial charge on any atom is -0.497 e. The van der Waals surface area contributed by atoms with Crippen LogP contribution in [0.25, 0.3) is 0 Å². The summed E-state index contributed by atoms with van der Waals surface area (Å²) in [5, 5.41) is 28.4. The van der Waals surface area contributed by atoms with E-state index in [4.69, 9.17) is 21.1 Å². The van der Waals surface area contributed by atoms with Gasteiger partial charge < -0.3 is 35.5 Å². The summed E-state index contributed by atoms with van der Waals surface area (Å²) in [5.74, 6) is -1.97. The Balaban J connectivity index is 1.78. The number of amides is 3. The van der Waals surface area contributed by atoms with Crippen molar-refractivity contribution >= 4 is 36.4 Å². The molecule has 3 amide bonds. The average molecular weight is 611 g/mol. The lowest BCUT2D eigenvalue weighted by atomic mass is 9.75. The second-order valence-corrected chi connectivity index (χ2v) is 10.7. The summed E-state index contributed by atoms with van der Waals surface area (Å²) in [6, 6.07) is 14.8. The number of hydrogen-bond donors (Lipinski definition) is 5. The minimum atomic E-state index is -1.86. The number of methoxy groups -OCH3 is 2. The number of ether oxygens (including phenoxy) is 2. The van der Waals surface area contributed by atoms with Gasteiger partial charge in [0.2, 0.25) is 11.8 Å². The van der Waals surface area contributed by atoms with E-state index in [0.717, 1.165) is 11.1 Å². The molecule has 3 rings (SSSR count). The molecule has 2 aromatic carbocycles. The summed E-state index contributed by atoms with van der Waals surface area (Å²) in [5.41, 5.74) is 1.54. The lowest BCUT2D eigenvalue weighted by Crippen LogP contribution is -2.59. The van der Waals surface area contributed by atoms with Gasteiger partial charge in [-0.15, -0.1) is 0 Å². The molecule has 0 aliphatic rings. The van der Waals surface area contributed by atoms with Crippen molar-refractivity contribution in [1.29, 1.82) is 0 Å². The molecule has 0 bridgehead atoms. The molecule has 0 spiro atoms. The molecule has 43 heavy (non-hydrogen) atoms. The first-order valence-corrected chi connectivity index (χ1v) is 14.0. The molecule has 3 aromatic rings. The van der Waals surface area contributed by atoms with Crippen LogP contribution >= 0.6 is 11.6 Å². The van der Waals surface area contributed by atoms with Crippen LogP contribution in [0.4, 0.5) is 0 Å². The molecule has 1 heterocycles. The highest BCUT2D eigenvalue weighted by molar-refractivity contribution is 6.43.